The lowest BCUT2D eigenvalue weighted by molar-refractivity contribution is 0.123. The molecular weight excluding hydrogens is 480 g/mol. The molecule has 0 aromatic heterocycles. The van der Waals surface area contributed by atoms with Crippen molar-refractivity contribution in [3.63, 3.8) is 0 Å². The van der Waals surface area contributed by atoms with Gasteiger partial charge in [0, 0.05) is 85.4 Å². The Balaban J connectivity index is 1.35. The topological polar surface area (TPSA) is 111 Å². The van der Waals surface area contributed by atoms with E-state index < -0.39 is 0 Å². The number of fused-ring (bicyclic) bond motifs is 2. The molecule has 8 heteroatoms. The number of aliphatic hydroxyl groups is 2. The lowest BCUT2D eigenvalue weighted by Gasteiger charge is -2.32. The molecule has 5 rings (SSSR count). The van der Waals surface area contributed by atoms with Gasteiger partial charge in [0.2, 0.25) is 0 Å². The summed E-state index contributed by atoms with van der Waals surface area (Å²) in [5, 5.41) is 50.6. The SMILES string of the molecule is OCC1CCCN(CCNc2ccc(NCCN3CCCC(CO)C3)c3cc4c(O)ccc(O)c4cc23)C1. The van der Waals surface area contributed by atoms with E-state index in [2.05, 4.69) is 32.6 Å². The molecule has 0 saturated carbocycles. The lowest BCUT2D eigenvalue weighted by Crippen LogP contribution is -2.39. The molecule has 206 valence electrons. The number of nitrogens with zero attached hydrogens (tertiary/aromatic N) is 2. The first kappa shape index (κ1) is 26.8. The zero-order chi connectivity index (χ0) is 26.5. The fraction of sp³-hybridized carbons (Fsp3) is 0.533. The second-order valence-electron chi connectivity index (χ2n) is 11.0. The standard InChI is InChI=1S/C30H42N4O4/c35-19-21-3-1-11-33(17-21)13-9-31-27-5-6-28(32-10-14-34-12-2-4-22(18-34)20-36)24-16-26-25(15-23(24)27)29(37)7-8-30(26)38/h5-8,15-16,21-22,31-32,35-38H,1-4,9-14,17-20H2. The van der Waals surface area contributed by atoms with E-state index in [4.69, 9.17) is 0 Å². The summed E-state index contributed by atoms with van der Waals surface area (Å²) in [7, 11) is 0. The largest absolute Gasteiger partial charge is 0.507 e. The maximum Gasteiger partial charge on any atom is 0.123 e. The van der Waals surface area contributed by atoms with Crippen molar-refractivity contribution in [2.24, 2.45) is 11.8 Å². The van der Waals surface area contributed by atoms with E-state index in [0.29, 0.717) is 22.6 Å². The number of rotatable bonds is 10. The first-order valence-electron chi connectivity index (χ1n) is 14.1. The molecule has 2 atom stereocenters. The third-order valence-corrected chi connectivity index (χ3v) is 8.32. The summed E-state index contributed by atoms with van der Waals surface area (Å²) in [6.07, 6.45) is 4.45. The highest BCUT2D eigenvalue weighted by atomic mass is 16.3. The van der Waals surface area contributed by atoms with E-state index in [1.165, 1.54) is 12.1 Å². The highest BCUT2D eigenvalue weighted by Gasteiger charge is 2.20. The van der Waals surface area contributed by atoms with Crippen LogP contribution < -0.4 is 10.6 Å². The van der Waals surface area contributed by atoms with Crippen molar-refractivity contribution in [2.45, 2.75) is 25.7 Å². The summed E-state index contributed by atoms with van der Waals surface area (Å²) in [5.74, 6) is 1.04. The molecule has 6 N–H and O–H groups in total. The lowest BCUT2D eigenvalue weighted by atomic mass is 9.98. The number of benzene rings is 3. The van der Waals surface area contributed by atoms with Crippen molar-refractivity contribution >= 4 is 32.9 Å². The van der Waals surface area contributed by atoms with Crippen LogP contribution in [0, 0.1) is 11.8 Å². The van der Waals surface area contributed by atoms with Crippen molar-refractivity contribution in [3.8, 4) is 11.5 Å². The maximum absolute atomic E-state index is 10.5. The van der Waals surface area contributed by atoms with E-state index in [9.17, 15) is 20.4 Å². The second kappa shape index (κ2) is 12.4. The molecule has 2 aliphatic rings. The minimum Gasteiger partial charge on any atom is -0.507 e. The molecule has 0 bridgehead atoms. The minimum absolute atomic E-state index is 0.149. The van der Waals surface area contributed by atoms with E-state index >= 15 is 0 Å². The van der Waals surface area contributed by atoms with Crippen LogP contribution in [0.4, 0.5) is 11.4 Å². The molecule has 3 aromatic rings. The molecule has 0 radical (unpaired) electrons. The van der Waals surface area contributed by atoms with E-state index in [-0.39, 0.29) is 24.7 Å². The predicted octanol–water partition coefficient (Wildman–Crippen LogP) is 3.64. The number of anilines is 2. The average molecular weight is 523 g/mol. The van der Waals surface area contributed by atoms with Gasteiger partial charge in [0.25, 0.3) is 0 Å². The highest BCUT2D eigenvalue weighted by molar-refractivity contribution is 6.11. The van der Waals surface area contributed by atoms with Crippen molar-refractivity contribution < 1.29 is 20.4 Å². The van der Waals surface area contributed by atoms with Gasteiger partial charge in [-0.3, -0.25) is 0 Å². The van der Waals surface area contributed by atoms with Gasteiger partial charge < -0.3 is 40.9 Å². The van der Waals surface area contributed by atoms with Crippen LogP contribution in [0.3, 0.4) is 0 Å². The van der Waals surface area contributed by atoms with Crippen LogP contribution >= 0.6 is 0 Å². The van der Waals surface area contributed by atoms with Crippen molar-refractivity contribution in [1.29, 1.82) is 0 Å². The minimum atomic E-state index is 0.149. The van der Waals surface area contributed by atoms with Gasteiger partial charge in [-0.15, -0.1) is 0 Å². The van der Waals surface area contributed by atoms with Crippen LogP contribution in [0.15, 0.2) is 36.4 Å². The Bertz CT molecular complexity index is 1140. The first-order valence-corrected chi connectivity index (χ1v) is 14.1. The molecule has 2 unspecified atom stereocenters. The first-order chi connectivity index (χ1) is 18.6. The van der Waals surface area contributed by atoms with Crippen molar-refractivity contribution in [3.05, 3.63) is 36.4 Å². The number of hydrogen-bond donors (Lipinski definition) is 6. The highest BCUT2D eigenvalue weighted by Crippen LogP contribution is 2.39. The smallest absolute Gasteiger partial charge is 0.123 e. The van der Waals surface area contributed by atoms with Crippen LogP contribution in [-0.4, -0.2) is 95.8 Å². The molecule has 2 heterocycles. The Labute approximate surface area is 224 Å². The number of hydrogen-bond acceptors (Lipinski definition) is 8. The van der Waals surface area contributed by atoms with Gasteiger partial charge in [0.05, 0.1) is 0 Å². The normalized spacial score (nSPS) is 21.2. The molecule has 3 aromatic carbocycles. The maximum atomic E-state index is 10.5. The molecular formula is C30H42N4O4. The summed E-state index contributed by atoms with van der Waals surface area (Å²) in [6, 6.07) is 11.2. The van der Waals surface area contributed by atoms with Crippen LogP contribution in [0.25, 0.3) is 21.5 Å². The summed E-state index contributed by atoms with van der Waals surface area (Å²) >= 11 is 0. The molecule has 2 fully saturated rings. The van der Waals surface area contributed by atoms with Gasteiger partial charge >= 0.3 is 0 Å². The average Bonchev–Trinajstić information content (AvgIpc) is 2.95. The Morgan fingerprint density at radius 1 is 0.658 bits per heavy atom. The monoisotopic (exact) mass is 522 g/mol. The van der Waals surface area contributed by atoms with Gasteiger partial charge in [0.15, 0.2) is 0 Å². The fourth-order valence-electron chi connectivity index (χ4n) is 6.17. The number of piperidine rings is 2. The van der Waals surface area contributed by atoms with Crippen molar-refractivity contribution in [1.82, 2.24) is 9.80 Å². The number of aliphatic hydroxyl groups excluding tert-OH is 2. The van der Waals surface area contributed by atoms with Gasteiger partial charge in [0.1, 0.15) is 11.5 Å². The van der Waals surface area contributed by atoms with Gasteiger partial charge in [-0.1, -0.05) is 0 Å². The molecule has 0 spiro atoms. The quantitative estimate of drug-likeness (QED) is 0.177. The Hall–Kier alpha value is -2.78. The molecule has 0 amide bonds. The number of phenols is 2. The van der Waals surface area contributed by atoms with E-state index in [1.54, 1.807) is 0 Å². The molecule has 0 aliphatic carbocycles. The van der Waals surface area contributed by atoms with E-state index in [1.807, 2.05) is 12.1 Å². The third-order valence-electron chi connectivity index (χ3n) is 8.32. The Morgan fingerprint density at radius 2 is 1.11 bits per heavy atom. The number of aromatic hydroxyl groups is 2. The van der Waals surface area contributed by atoms with Crippen LogP contribution in [-0.2, 0) is 0 Å². The Morgan fingerprint density at radius 3 is 1.53 bits per heavy atom. The summed E-state index contributed by atoms with van der Waals surface area (Å²) in [6.45, 7) is 7.90. The molecule has 8 nitrogen and oxygen atoms in total. The van der Waals surface area contributed by atoms with Crippen LogP contribution in [0.1, 0.15) is 25.7 Å². The second-order valence-corrected chi connectivity index (χ2v) is 11.0. The van der Waals surface area contributed by atoms with Crippen molar-refractivity contribution in [2.75, 3.05) is 76.2 Å². The van der Waals surface area contributed by atoms with E-state index in [0.717, 1.165) is 100 Å². The molecule has 38 heavy (non-hydrogen) atoms. The Kier molecular flexibility index (Phi) is 8.74. The van der Waals surface area contributed by atoms with Gasteiger partial charge in [-0.2, -0.15) is 0 Å². The number of likely N-dealkylation sites (tertiary alicyclic amines) is 2. The number of phenolic OH excluding ortho intramolecular Hbond substituents is 2. The van der Waals surface area contributed by atoms with Crippen LogP contribution in [0.5, 0.6) is 11.5 Å². The zero-order valence-electron chi connectivity index (χ0n) is 22.2. The number of nitrogens with one attached hydrogen (secondary N) is 2. The summed E-state index contributed by atoms with van der Waals surface area (Å²) in [5.41, 5.74) is 1.99. The van der Waals surface area contributed by atoms with Crippen LogP contribution in [0.2, 0.25) is 0 Å². The fourth-order valence-corrected chi connectivity index (χ4v) is 6.17. The summed E-state index contributed by atoms with van der Waals surface area (Å²) < 4.78 is 0. The van der Waals surface area contributed by atoms with Gasteiger partial charge in [-0.05, 0) is 87.0 Å². The summed E-state index contributed by atoms with van der Waals surface area (Å²) in [4.78, 5) is 4.83. The molecule has 2 aliphatic heterocycles. The third kappa shape index (κ3) is 6.10. The predicted molar refractivity (Wildman–Crippen MR) is 154 cm³/mol. The van der Waals surface area contributed by atoms with Gasteiger partial charge in [-0.25, -0.2) is 0 Å². The zero-order valence-corrected chi connectivity index (χ0v) is 22.2. The molecule has 2 saturated heterocycles.